The molecular formula is C27H21ClFN9O2. The molecule has 1 amide bonds. The molecule has 0 radical (unpaired) electrons. The van der Waals surface area contributed by atoms with Gasteiger partial charge in [0.25, 0.3) is 5.56 Å². The zero-order valence-electron chi connectivity index (χ0n) is 21.1. The van der Waals surface area contributed by atoms with Crippen LogP contribution in [0.2, 0.25) is 5.02 Å². The van der Waals surface area contributed by atoms with Gasteiger partial charge in [0.15, 0.2) is 0 Å². The number of nitrogens with zero attached hydrogens (tertiary/aromatic N) is 7. The Bertz CT molecular complexity index is 1860. The summed E-state index contributed by atoms with van der Waals surface area (Å²) in [6, 6.07) is 11.7. The first kappa shape index (κ1) is 24.3. The number of H-pyrrole nitrogens is 1. The lowest BCUT2D eigenvalue weighted by Crippen LogP contribution is -2.24. The molecule has 1 fully saturated rings. The lowest BCUT2D eigenvalue weighted by atomic mass is 9.96. The zero-order chi connectivity index (χ0) is 27.6. The smallest absolute Gasteiger partial charge is 0.252 e. The highest BCUT2D eigenvalue weighted by Gasteiger charge is 2.54. The van der Waals surface area contributed by atoms with Crippen molar-refractivity contribution >= 4 is 23.3 Å². The molecule has 2 aliphatic rings. The molecule has 4 aromatic heterocycles. The molecule has 0 saturated heterocycles. The van der Waals surface area contributed by atoms with Gasteiger partial charge in [0.2, 0.25) is 11.9 Å². The van der Waals surface area contributed by atoms with Crippen LogP contribution in [-0.2, 0) is 10.2 Å². The van der Waals surface area contributed by atoms with Gasteiger partial charge in [-0.2, -0.15) is 9.07 Å². The summed E-state index contributed by atoms with van der Waals surface area (Å²) < 4.78 is 18.1. The first-order chi connectivity index (χ1) is 19.3. The van der Waals surface area contributed by atoms with E-state index in [0.717, 1.165) is 29.7 Å². The molecule has 5 heterocycles. The number of hydrogen-bond donors (Lipinski definition) is 2. The molecule has 1 aliphatic heterocycles. The molecule has 1 atom stereocenters. The van der Waals surface area contributed by atoms with E-state index >= 15 is 0 Å². The lowest BCUT2D eigenvalue weighted by Gasteiger charge is -2.15. The van der Waals surface area contributed by atoms with Gasteiger partial charge in [0.1, 0.15) is 18.0 Å². The second kappa shape index (κ2) is 8.91. The third kappa shape index (κ3) is 3.99. The number of pyridine rings is 2. The van der Waals surface area contributed by atoms with Crippen molar-refractivity contribution < 1.29 is 9.18 Å². The largest absolute Gasteiger partial charge is 0.340 e. The molecule has 7 rings (SSSR count). The van der Waals surface area contributed by atoms with Gasteiger partial charge in [-0.15, -0.1) is 5.10 Å². The lowest BCUT2D eigenvalue weighted by molar-refractivity contribution is -0.114. The Morgan fingerprint density at radius 1 is 1.18 bits per heavy atom. The number of rotatable bonds is 5. The molecule has 2 N–H and O–H groups in total. The van der Waals surface area contributed by atoms with Gasteiger partial charge in [0.05, 0.1) is 29.2 Å². The van der Waals surface area contributed by atoms with Crippen molar-refractivity contribution in [2.75, 3.05) is 5.32 Å². The number of imidazole rings is 1. The molecule has 40 heavy (non-hydrogen) atoms. The van der Waals surface area contributed by atoms with E-state index in [0.29, 0.717) is 28.6 Å². The van der Waals surface area contributed by atoms with Gasteiger partial charge in [-0.25, -0.2) is 9.97 Å². The Labute approximate surface area is 231 Å². The van der Waals surface area contributed by atoms with E-state index in [1.165, 1.54) is 36.3 Å². The standard InChI is InChI=1S/C27H21ClFN9O2/c1-14(39)32-23-5-3-17(25(29)34-23)19-12-30-26(33-19)21-11-27(6-7-27)22-8-15(9-24(40)38(21)22)18-10-16(28)2-4-20(18)37-13-31-35-36-37/h2-5,8-10,12-13,21H,6-7,11H2,1H3,(H,30,33)(H,32,34,39). The summed E-state index contributed by atoms with van der Waals surface area (Å²) in [7, 11) is 0. The Morgan fingerprint density at radius 3 is 2.75 bits per heavy atom. The number of amides is 1. The molecule has 5 aromatic rings. The fourth-order valence-corrected chi connectivity index (χ4v) is 5.77. The van der Waals surface area contributed by atoms with Gasteiger partial charge < -0.3 is 14.9 Å². The Kier molecular flexibility index (Phi) is 5.42. The monoisotopic (exact) mass is 557 g/mol. The highest BCUT2D eigenvalue weighted by molar-refractivity contribution is 6.31. The molecular weight excluding hydrogens is 537 g/mol. The molecule has 13 heteroatoms. The normalized spacial score (nSPS) is 16.7. The minimum absolute atomic E-state index is 0.124. The number of nitrogens with one attached hydrogen (secondary N) is 2. The molecule has 0 bridgehead atoms. The second-order valence-corrected chi connectivity index (χ2v) is 10.6. The van der Waals surface area contributed by atoms with Gasteiger partial charge in [-0.3, -0.25) is 9.59 Å². The van der Waals surface area contributed by atoms with Crippen molar-refractivity contribution in [2.45, 2.75) is 37.6 Å². The number of hydrogen-bond acceptors (Lipinski definition) is 7. The predicted octanol–water partition coefficient (Wildman–Crippen LogP) is 4.05. The van der Waals surface area contributed by atoms with Crippen molar-refractivity contribution in [3.8, 4) is 28.1 Å². The third-order valence-corrected chi connectivity index (χ3v) is 7.82. The van der Waals surface area contributed by atoms with Gasteiger partial charge in [0, 0.05) is 34.7 Å². The van der Waals surface area contributed by atoms with E-state index in [9.17, 15) is 14.0 Å². The second-order valence-electron chi connectivity index (χ2n) is 10.2. The van der Waals surface area contributed by atoms with Crippen LogP contribution in [-0.4, -0.2) is 45.6 Å². The number of carbonyl (C=O) groups excluding carboxylic acids is 1. The van der Waals surface area contributed by atoms with Crippen LogP contribution >= 0.6 is 11.6 Å². The minimum Gasteiger partial charge on any atom is -0.340 e. The predicted molar refractivity (Wildman–Crippen MR) is 144 cm³/mol. The van der Waals surface area contributed by atoms with Crippen molar-refractivity contribution in [1.82, 2.24) is 39.7 Å². The quantitative estimate of drug-likeness (QED) is 0.311. The van der Waals surface area contributed by atoms with Crippen molar-refractivity contribution in [3.05, 3.63) is 87.8 Å². The van der Waals surface area contributed by atoms with Crippen LogP contribution in [0.1, 0.15) is 43.7 Å². The fraction of sp³-hybridized carbons (Fsp3) is 0.222. The van der Waals surface area contributed by atoms with Crippen LogP contribution in [0, 0.1) is 5.95 Å². The van der Waals surface area contributed by atoms with Gasteiger partial charge in [-0.1, -0.05) is 11.6 Å². The summed E-state index contributed by atoms with van der Waals surface area (Å²) in [6.45, 7) is 1.33. The van der Waals surface area contributed by atoms with E-state index in [4.69, 9.17) is 11.6 Å². The molecule has 1 saturated carbocycles. The minimum atomic E-state index is -0.742. The number of carbonyl (C=O) groups is 1. The summed E-state index contributed by atoms with van der Waals surface area (Å²) in [4.78, 5) is 36.5. The van der Waals surface area contributed by atoms with E-state index in [1.54, 1.807) is 22.8 Å². The van der Waals surface area contributed by atoms with E-state index < -0.39 is 5.95 Å². The maximum Gasteiger partial charge on any atom is 0.252 e. The first-order valence-corrected chi connectivity index (χ1v) is 13.0. The SMILES string of the molecule is CC(=O)Nc1ccc(-c2cnc(C3CC4(CC4)c4cc(-c5cc(Cl)ccc5-n5cnnn5)cc(=O)n43)[nH]2)c(F)n1. The summed E-state index contributed by atoms with van der Waals surface area (Å²) in [5.41, 5.74) is 3.45. The molecule has 11 nitrogen and oxygen atoms in total. The molecule has 1 aliphatic carbocycles. The van der Waals surface area contributed by atoms with Crippen LogP contribution in [0.4, 0.5) is 10.2 Å². The maximum atomic E-state index is 14.8. The van der Waals surface area contributed by atoms with E-state index in [1.807, 2.05) is 12.1 Å². The number of tetrazole rings is 1. The van der Waals surface area contributed by atoms with Crippen LogP contribution in [0.15, 0.2) is 59.8 Å². The van der Waals surface area contributed by atoms with Crippen molar-refractivity contribution in [2.24, 2.45) is 0 Å². The van der Waals surface area contributed by atoms with Crippen LogP contribution < -0.4 is 10.9 Å². The Hall–Kier alpha value is -4.71. The van der Waals surface area contributed by atoms with Gasteiger partial charge >= 0.3 is 0 Å². The Morgan fingerprint density at radius 2 is 2.02 bits per heavy atom. The first-order valence-electron chi connectivity index (χ1n) is 12.6. The fourth-order valence-electron chi connectivity index (χ4n) is 5.60. The molecule has 1 unspecified atom stereocenters. The molecule has 1 spiro atoms. The number of aromatic amines is 1. The summed E-state index contributed by atoms with van der Waals surface area (Å²) in [6.07, 6.45) is 5.65. The number of anilines is 1. The number of fused-ring (bicyclic) bond motifs is 2. The maximum absolute atomic E-state index is 14.8. The number of aromatic nitrogens is 8. The summed E-state index contributed by atoms with van der Waals surface area (Å²) in [5.74, 6) is -0.391. The number of halogens is 2. The van der Waals surface area contributed by atoms with Crippen LogP contribution in [0.3, 0.4) is 0 Å². The zero-order valence-corrected chi connectivity index (χ0v) is 21.9. The highest BCUT2D eigenvalue weighted by atomic mass is 35.5. The van der Waals surface area contributed by atoms with Crippen molar-refractivity contribution in [3.63, 3.8) is 0 Å². The van der Waals surface area contributed by atoms with Crippen LogP contribution in [0.5, 0.6) is 0 Å². The Balaban J connectivity index is 1.28. The highest BCUT2D eigenvalue weighted by Crippen LogP contribution is 2.58. The average Bonchev–Trinajstić information content (AvgIpc) is 3.27. The van der Waals surface area contributed by atoms with Crippen molar-refractivity contribution in [1.29, 1.82) is 0 Å². The average molecular weight is 558 g/mol. The summed E-state index contributed by atoms with van der Waals surface area (Å²) in [5, 5.41) is 14.5. The van der Waals surface area contributed by atoms with E-state index in [-0.39, 0.29) is 34.3 Å². The third-order valence-electron chi connectivity index (χ3n) is 7.58. The summed E-state index contributed by atoms with van der Waals surface area (Å²) >= 11 is 6.35. The molecule has 200 valence electrons. The number of benzene rings is 1. The molecule has 1 aromatic carbocycles. The van der Waals surface area contributed by atoms with E-state index in [2.05, 4.69) is 35.8 Å². The van der Waals surface area contributed by atoms with Crippen LogP contribution in [0.25, 0.3) is 28.1 Å². The van der Waals surface area contributed by atoms with Gasteiger partial charge in [-0.05, 0) is 71.7 Å². The topological polar surface area (TPSA) is 136 Å².